The van der Waals surface area contributed by atoms with Crippen molar-refractivity contribution in [1.29, 1.82) is 0 Å². The number of hydrogen-bond donors (Lipinski definition) is 1. The first-order valence-corrected chi connectivity index (χ1v) is 7.81. The van der Waals surface area contributed by atoms with E-state index in [1.54, 1.807) is 17.5 Å². The van der Waals surface area contributed by atoms with Crippen LogP contribution in [0, 0.1) is 6.92 Å². The van der Waals surface area contributed by atoms with Gasteiger partial charge in [0.05, 0.1) is 15.9 Å². The lowest BCUT2D eigenvalue weighted by Crippen LogP contribution is -1.83. The van der Waals surface area contributed by atoms with E-state index in [4.69, 9.17) is 10.3 Å². The molecule has 6 nitrogen and oxygen atoms in total. The first-order valence-electron chi connectivity index (χ1n) is 6.11. The molecule has 0 unspecified atom stereocenters. The Balaban J connectivity index is 1.78. The third-order valence-corrected chi connectivity index (χ3v) is 4.82. The summed E-state index contributed by atoms with van der Waals surface area (Å²) in [6, 6.07) is 3.99. The maximum atomic E-state index is 5.69. The average Bonchev–Trinajstić information content (AvgIpc) is 3.17. The summed E-state index contributed by atoms with van der Waals surface area (Å²) < 4.78 is 6.42. The minimum Gasteiger partial charge on any atom is -0.375 e. The largest absolute Gasteiger partial charge is 0.375 e. The highest BCUT2D eigenvalue weighted by atomic mass is 32.1. The molecule has 104 valence electrons. The van der Waals surface area contributed by atoms with E-state index < -0.39 is 0 Å². The SMILES string of the molecule is Cc1nc(N)sc1-c1nc(-c2cnc3ccsc3c2)no1. The second-order valence-electron chi connectivity index (χ2n) is 4.42. The van der Waals surface area contributed by atoms with E-state index in [1.807, 2.05) is 24.4 Å². The van der Waals surface area contributed by atoms with Crippen molar-refractivity contribution in [2.24, 2.45) is 0 Å². The van der Waals surface area contributed by atoms with Crippen LogP contribution in [0.5, 0.6) is 0 Å². The predicted molar refractivity (Wildman–Crippen MR) is 83.2 cm³/mol. The number of nitrogen functional groups attached to an aromatic ring is 1. The molecule has 0 saturated heterocycles. The Hall–Kier alpha value is -2.32. The molecule has 0 bridgehead atoms. The van der Waals surface area contributed by atoms with Crippen molar-refractivity contribution in [3.05, 3.63) is 29.4 Å². The predicted octanol–water partition coefficient (Wildman–Crippen LogP) is 3.36. The van der Waals surface area contributed by atoms with Crippen LogP contribution in [0.3, 0.4) is 0 Å². The molecular formula is C13H9N5OS2. The van der Waals surface area contributed by atoms with Crippen LogP contribution in [-0.2, 0) is 0 Å². The van der Waals surface area contributed by atoms with Gasteiger partial charge in [0, 0.05) is 11.8 Å². The van der Waals surface area contributed by atoms with Gasteiger partial charge in [0.2, 0.25) is 5.82 Å². The maximum absolute atomic E-state index is 5.69. The van der Waals surface area contributed by atoms with E-state index in [0.29, 0.717) is 16.8 Å². The van der Waals surface area contributed by atoms with E-state index in [0.717, 1.165) is 26.4 Å². The lowest BCUT2D eigenvalue weighted by atomic mass is 10.2. The Morgan fingerprint density at radius 2 is 2.19 bits per heavy atom. The van der Waals surface area contributed by atoms with E-state index in [1.165, 1.54) is 11.3 Å². The zero-order valence-electron chi connectivity index (χ0n) is 10.9. The molecule has 8 heteroatoms. The van der Waals surface area contributed by atoms with Gasteiger partial charge in [0.25, 0.3) is 5.89 Å². The first-order chi connectivity index (χ1) is 10.2. The highest BCUT2D eigenvalue weighted by molar-refractivity contribution is 7.18. The Labute approximate surface area is 127 Å². The molecule has 0 spiro atoms. The summed E-state index contributed by atoms with van der Waals surface area (Å²) in [5.41, 5.74) is 8.28. The van der Waals surface area contributed by atoms with Crippen LogP contribution in [0.4, 0.5) is 5.13 Å². The number of nitrogens with two attached hydrogens (primary N) is 1. The van der Waals surface area contributed by atoms with Crippen LogP contribution in [0.1, 0.15) is 5.69 Å². The summed E-state index contributed by atoms with van der Waals surface area (Å²) in [5, 5.41) is 6.52. The molecule has 0 fully saturated rings. The van der Waals surface area contributed by atoms with Gasteiger partial charge >= 0.3 is 0 Å². The van der Waals surface area contributed by atoms with Crippen molar-refractivity contribution in [1.82, 2.24) is 20.1 Å². The molecule has 0 aliphatic heterocycles. The van der Waals surface area contributed by atoms with Crippen LogP contribution < -0.4 is 5.73 Å². The number of hydrogen-bond acceptors (Lipinski definition) is 8. The third-order valence-electron chi connectivity index (χ3n) is 2.99. The number of nitrogens with zero attached hydrogens (tertiary/aromatic N) is 4. The van der Waals surface area contributed by atoms with Crippen molar-refractivity contribution in [3.63, 3.8) is 0 Å². The summed E-state index contributed by atoms with van der Waals surface area (Å²) >= 11 is 2.97. The van der Waals surface area contributed by atoms with Crippen LogP contribution in [-0.4, -0.2) is 20.1 Å². The summed E-state index contributed by atoms with van der Waals surface area (Å²) in [6.45, 7) is 1.87. The van der Waals surface area contributed by atoms with Gasteiger partial charge in [-0.2, -0.15) is 4.98 Å². The van der Waals surface area contributed by atoms with Gasteiger partial charge in [-0.3, -0.25) is 4.98 Å². The topological polar surface area (TPSA) is 90.7 Å². The number of anilines is 1. The fourth-order valence-corrected chi connectivity index (χ4v) is 3.55. The minimum atomic E-state index is 0.433. The maximum Gasteiger partial charge on any atom is 0.270 e. The van der Waals surface area contributed by atoms with Crippen molar-refractivity contribution >= 4 is 38.0 Å². The highest BCUT2D eigenvalue weighted by Crippen LogP contribution is 2.32. The fraction of sp³-hybridized carbons (Fsp3) is 0.0769. The fourth-order valence-electron chi connectivity index (χ4n) is 2.02. The van der Waals surface area contributed by atoms with Gasteiger partial charge in [-0.25, -0.2) is 4.98 Å². The summed E-state index contributed by atoms with van der Waals surface area (Å²) in [6.07, 6.45) is 1.75. The molecule has 0 saturated carbocycles. The highest BCUT2D eigenvalue weighted by Gasteiger charge is 2.16. The molecule has 0 aliphatic carbocycles. The summed E-state index contributed by atoms with van der Waals surface area (Å²) in [4.78, 5) is 13.8. The Kier molecular flexibility index (Phi) is 2.72. The quantitative estimate of drug-likeness (QED) is 0.610. The molecule has 4 aromatic rings. The van der Waals surface area contributed by atoms with Crippen LogP contribution >= 0.6 is 22.7 Å². The van der Waals surface area contributed by atoms with Crippen LogP contribution in [0.25, 0.3) is 32.4 Å². The van der Waals surface area contributed by atoms with Gasteiger partial charge in [-0.05, 0) is 24.4 Å². The first kappa shape index (κ1) is 12.4. The second kappa shape index (κ2) is 4.61. The molecule has 0 aromatic carbocycles. The third kappa shape index (κ3) is 2.08. The molecule has 21 heavy (non-hydrogen) atoms. The molecule has 4 rings (SSSR count). The van der Waals surface area contributed by atoms with Crippen molar-refractivity contribution in [2.45, 2.75) is 6.92 Å². The molecule has 4 aromatic heterocycles. The molecule has 0 radical (unpaired) electrons. The van der Waals surface area contributed by atoms with Crippen LogP contribution in [0.2, 0.25) is 0 Å². The number of aryl methyl sites for hydroxylation is 1. The van der Waals surface area contributed by atoms with Crippen molar-refractivity contribution in [2.75, 3.05) is 5.73 Å². The number of pyridine rings is 1. The van der Waals surface area contributed by atoms with Gasteiger partial charge in [0.1, 0.15) is 4.88 Å². The molecular weight excluding hydrogens is 306 g/mol. The minimum absolute atomic E-state index is 0.433. The van der Waals surface area contributed by atoms with Crippen LogP contribution in [0.15, 0.2) is 28.2 Å². The van der Waals surface area contributed by atoms with E-state index >= 15 is 0 Å². The molecule has 0 amide bonds. The number of aromatic nitrogens is 4. The van der Waals surface area contributed by atoms with E-state index in [-0.39, 0.29) is 0 Å². The van der Waals surface area contributed by atoms with Gasteiger partial charge < -0.3 is 10.3 Å². The van der Waals surface area contributed by atoms with Crippen molar-refractivity contribution < 1.29 is 4.52 Å². The number of thiophene rings is 1. The number of fused-ring (bicyclic) bond motifs is 1. The molecule has 2 N–H and O–H groups in total. The second-order valence-corrected chi connectivity index (χ2v) is 6.40. The zero-order valence-corrected chi connectivity index (χ0v) is 12.5. The van der Waals surface area contributed by atoms with Crippen molar-refractivity contribution in [3.8, 4) is 22.2 Å². The van der Waals surface area contributed by atoms with Gasteiger partial charge in [0.15, 0.2) is 5.13 Å². The molecule has 4 heterocycles. The number of thiazole rings is 1. The zero-order chi connectivity index (χ0) is 14.4. The molecule has 0 atom stereocenters. The van der Waals surface area contributed by atoms with Gasteiger partial charge in [-0.1, -0.05) is 16.5 Å². The number of rotatable bonds is 2. The standard InChI is InChI=1S/C13H9N5OS2/c1-6-10(21-13(14)16-6)12-17-11(18-19-12)7-4-9-8(15-5-7)2-3-20-9/h2-5H,1H3,(H2,14,16). The Morgan fingerprint density at radius 3 is 3.00 bits per heavy atom. The van der Waals surface area contributed by atoms with E-state index in [2.05, 4.69) is 20.1 Å². The average molecular weight is 315 g/mol. The van der Waals surface area contributed by atoms with E-state index in [9.17, 15) is 0 Å². The smallest absolute Gasteiger partial charge is 0.270 e. The Bertz CT molecular complexity index is 939. The normalized spacial score (nSPS) is 11.3. The molecule has 0 aliphatic rings. The Morgan fingerprint density at radius 1 is 1.29 bits per heavy atom. The summed E-state index contributed by atoms with van der Waals surface area (Å²) in [5.74, 6) is 0.946. The summed E-state index contributed by atoms with van der Waals surface area (Å²) in [7, 11) is 0. The monoisotopic (exact) mass is 315 g/mol. The lowest BCUT2D eigenvalue weighted by molar-refractivity contribution is 0.433. The van der Waals surface area contributed by atoms with Gasteiger partial charge in [-0.15, -0.1) is 11.3 Å². The lowest BCUT2D eigenvalue weighted by Gasteiger charge is -1.93.